The van der Waals surface area contributed by atoms with Crippen molar-refractivity contribution in [1.29, 1.82) is 0 Å². The summed E-state index contributed by atoms with van der Waals surface area (Å²) in [4.78, 5) is 4.79. The SMILES string of the molecule is CC(N)Cc1ccc(N2CCN3CCCCC3C2)c(F)c1. The Labute approximate surface area is 126 Å². The number of anilines is 1. The van der Waals surface area contributed by atoms with Gasteiger partial charge in [0.2, 0.25) is 0 Å². The molecule has 0 bridgehead atoms. The van der Waals surface area contributed by atoms with Gasteiger partial charge in [0, 0.05) is 31.7 Å². The number of hydrogen-bond donors (Lipinski definition) is 1. The van der Waals surface area contributed by atoms with E-state index in [1.54, 1.807) is 6.07 Å². The van der Waals surface area contributed by atoms with Gasteiger partial charge >= 0.3 is 0 Å². The molecule has 1 aromatic rings. The molecule has 2 aliphatic heterocycles. The predicted octanol–water partition coefficient (Wildman–Crippen LogP) is 2.39. The first kappa shape index (κ1) is 14.8. The Balaban J connectivity index is 1.71. The minimum absolute atomic E-state index is 0.0704. The highest BCUT2D eigenvalue weighted by Crippen LogP contribution is 2.27. The molecule has 2 saturated heterocycles. The number of nitrogens with two attached hydrogens (primary N) is 1. The molecule has 2 fully saturated rings. The second-order valence-corrected chi connectivity index (χ2v) is 6.60. The summed E-state index contributed by atoms with van der Waals surface area (Å²) in [5.74, 6) is -0.0996. The van der Waals surface area contributed by atoms with Crippen LogP contribution in [0.25, 0.3) is 0 Å². The van der Waals surface area contributed by atoms with Gasteiger partial charge < -0.3 is 10.6 Å². The number of fused-ring (bicyclic) bond motifs is 1. The lowest BCUT2D eigenvalue weighted by molar-refractivity contribution is 0.133. The van der Waals surface area contributed by atoms with Crippen LogP contribution >= 0.6 is 0 Å². The quantitative estimate of drug-likeness (QED) is 0.928. The summed E-state index contributed by atoms with van der Waals surface area (Å²) in [6, 6.07) is 6.30. The fourth-order valence-corrected chi connectivity index (χ4v) is 3.68. The van der Waals surface area contributed by atoms with Crippen LogP contribution in [-0.4, -0.2) is 43.2 Å². The van der Waals surface area contributed by atoms with Crippen molar-refractivity contribution in [2.24, 2.45) is 5.73 Å². The van der Waals surface area contributed by atoms with E-state index >= 15 is 0 Å². The number of halogens is 1. The third-order valence-electron chi connectivity index (χ3n) is 4.75. The summed E-state index contributed by atoms with van der Waals surface area (Å²) in [5, 5.41) is 0. The maximum atomic E-state index is 14.4. The molecule has 21 heavy (non-hydrogen) atoms. The number of hydrogen-bond acceptors (Lipinski definition) is 3. The van der Waals surface area contributed by atoms with Gasteiger partial charge in [-0.15, -0.1) is 0 Å². The molecule has 2 N–H and O–H groups in total. The smallest absolute Gasteiger partial charge is 0.146 e. The number of piperazine rings is 1. The molecular formula is C17H26FN3. The molecule has 2 unspecified atom stereocenters. The summed E-state index contributed by atoms with van der Waals surface area (Å²) >= 11 is 0. The van der Waals surface area contributed by atoms with E-state index in [-0.39, 0.29) is 11.9 Å². The van der Waals surface area contributed by atoms with Gasteiger partial charge in [-0.3, -0.25) is 4.90 Å². The van der Waals surface area contributed by atoms with Crippen molar-refractivity contribution in [2.45, 2.75) is 44.7 Å². The van der Waals surface area contributed by atoms with Crippen molar-refractivity contribution in [2.75, 3.05) is 31.1 Å². The van der Waals surface area contributed by atoms with Gasteiger partial charge in [0.1, 0.15) is 5.82 Å². The highest BCUT2D eigenvalue weighted by Gasteiger charge is 2.29. The lowest BCUT2D eigenvalue weighted by Crippen LogP contribution is -2.55. The van der Waals surface area contributed by atoms with Gasteiger partial charge in [-0.1, -0.05) is 12.5 Å². The van der Waals surface area contributed by atoms with Gasteiger partial charge in [-0.2, -0.15) is 0 Å². The van der Waals surface area contributed by atoms with Gasteiger partial charge in [0.25, 0.3) is 0 Å². The molecule has 2 aliphatic rings. The highest BCUT2D eigenvalue weighted by molar-refractivity contribution is 5.50. The maximum Gasteiger partial charge on any atom is 0.146 e. The van der Waals surface area contributed by atoms with Gasteiger partial charge in [0.05, 0.1) is 5.69 Å². The fraction of sp³-hybridized carbons (Fsp3) is 0.647. The van der Waals surface area contributed by atoms with Crippen molar-refractivity contribution in [1.82, 2.24) is 4.90 Å². The topological polar surface area (TPSA) is 32.5 Å². The standard InChI is InChI=1S/C17H26FN3/c1-13(19)10-14-5-6-17(16(18)11-14)21-9-8-20-7-3-2-4-15(20)12-21/h5-6,11,13,15H,2-4,7-10,12,19H2,1H3. The Morgan fingerprint density at radius 3 is 2.90 bits per heavy atom. The third-order valence-corrected chi connectivity index (χ3v) is 4.75. The van der Waals surface area contributed by atoms with Crippen molar-refractivity contribution in [3.63, 3.8) is 0 Å². The molecule has 1 aromatic carbocycles. The monoisotopic (exact) mass is 291 g/mol. The number of rotatable bonds is 3. The molecule has 2 heterocycles. The van der Waals surface area contributed by atoms with Crippen LogP contribution in [0.1, 0.15) is 31.7 Å². The van der Waals surface area contributed by atoms with Crippen LogP contribution in [0.2, 0.25) is 0 Å². The predicted molar refractivity (Wildman–Crippen MR) is 85.2 cm³/mol. The van der Waals surface area contributed by atoms with Crippen LogP contribution in [0.3, 0.4) is 0 Å². The van der Waals surface area contributed by atoms with E-state index in [4.69, 9.17) is 5.73 Å². The van der Waals surface area contributed by atoms with Crippen molar-refractivity contribution in [3.05, 3.63) is 29.6 Å². The zero-order chi connectivity index (χ0) is 14.8. The van der Waals surface area contributed by atoms with E-state index in [1.165, 1.54) is 25.8 Å². The van der Waals surface area contributed by atoms with E-state index in [0.29, 0.717) is 6.04 Å². The third kappa shape index (κ3) is 3.38. The number of piperidine rings is 1. The molecule has 0 aromatic heterocycles. The van der Waals surface area contributed by atoms with Crippen LogP contribution in [0.4, 0.5) is 10.1 Å². The van der Waals surface area contributed by atoms with Gasteiger partial charge in [0.15, 0.2) is 0 Å². The molecular weight excluding hydrogens is 265 g/mol. The van der Waals surface area contributed by atoms with Crippen LogP contribution in [0.5, 0.6) is 0 Å². The normalized spacial score (nSPS) is 24.7. The molecule has 0 aliphatic carbocycles. The lowest BCUT2D eigenvalue weighted by Gasteiger charge is -2.45. The molecule has 2 atom stereocenters. The number of nitrogens with zero attached hydrogens (tertiary/aromatic N) is 2. The van der Waals surface area contributed by atoms with Crippen molar-refractivity contribution >= 4 is 5.69 Å². The maximum absolute atomic E-state index is 14.4. The molecule has 3 rings (SSSR count). The minimum atomic E-state index is -0.0996. The Hall–Kier alpha value is -1.13. The van der Waals surface area contributed by atoms with E-state index < -0.39 is 0 Å². The van der Waals surface area contributed by atoms with Crippen LogP contribution in [-0.2, 0) is 6.42 Å². The number of benzene rings is 1. The average Bonchev–Trinajstić information content (AvgIpc) is 2.46. The first-order chi connectivity index (χ1) is 10.1. The largest absolute Gasteiger partial charge is 0.366 e. The second-order valence-electron chi connectivity index (χ2n) is 6.60. The molecule has 116 valence electrons. The minimum Gasteiger partial charge on any atom is -0.366 e. The molecule has 4 heteroatoms. The van der Waals surface area contributed by atoms with E-state index in [1.807, 2.05) is 19.1 Å². The van der Waals surface area contributed by atoms with E-state index in [9.17, 15) is 4.39 Å². The summed E-state index contributed by atoms with van der Waals surface area (Å²) in [6.07, 6.45) is 4.61. The molecule has 0 radical (unpaired) electrons. The first-order valence-corrected chi connectivity index (χ1v) is 8.16. The Bertz CT molecular complexity index is 489. The lowest BCUT2D eigenvalue weighted by atomic mass is 9.99. The molecule has 0 spiro atoms. The summed E-state index contributed by atoms with van der Waals surface area (Å²) in [5.41, 5.74) is 7.54. The van der Waals surface area contributed by atoms with Crippen LogP contribution in [0, 0.1) is 5.82 Å². The summed E-state index contributed by atoms with van der Waals surface area (Å²) in [7, 11) is 0. The molecule has 0 saturated carbocycles. The zero-order valence-corrected chi connectivity index (χ0v) is 12.9. The molecule has 0 amide bonds. The summed E-state index contributed by atoms with van der Waals surface area (Å²) in [6.45, 7) is 6.12. The van der Waals surface area contributed by atoms with Crippen molar-refractivity contribution in [3.8, 4) is 0 Å². The zero-order valence-electron chi connectivity index (χ0n) is 12.9. The molecule has 3 nitrogen and oxygen atoms in total. The van der Waals surface area contributed by atoms with Gasteiger partial charge in [-0.05, 0) is 50.4 Å². The fourth-order valence-electron chi connectivity index (χ4n) is 3.68. The highest BCUT2D eigenvalue weighted by atomic mass is 19.1. The van der Waals surface area contributed by atoms with Gasteiger partial charge in [-0.25, -0.2) is 4.39 Å². The van der Waals surface area contributed by atoms with Crippen LogP contribution < -0.4 is 10.6 Å². The second kappa shape index (κ2) is 6.32. The summed E-state index contributed by atoms with van der Waals surface area (Å²) < 4.78 is 14.4. The average molecular weight is 291 g/mol. The van der Waals surface area contributed by atoms with Crippen molar-refractivity contribution < 1.29 is 4.39 Å². The Morgan fingerprint density at radius 1 is 1.29 bits per heavy atom. The van der Waals surface area contributed by atoms with E-state index in [0.717, 1.165) is 37.3 Å². The van der Waals surface area contributed by atoms with Crippen LogP contribution in [0.15, 0.2) is 18.2 Å². The Morgan fingerprint density at radius 2 is 2.14 bits per heavy atom. The van der Waals surface area contributed by atoms with E-state index in [2.05, 4.69) is 9.80 Å². The Kier molecular flexibility index (Phi) is 4.45. The first-order valence-electron chi connectivity index (χ1n) is 8.16.